The van der Waals surface area contributed by atoms with Crippen LogP contribution in [0.5, 0.6) is 0 Å². The van der Waals surface area contributed by atoms with Gasteiger partial charge in [0.05, 0.1) is 0 Å². The van der Waals surface area contributed by atoms with Gasteiger partial charge in [-0.2, -0.15) is 0 Å². The Kier molecular flexibility index (Phi) is 4.90. The minimum Gasteiger partial charge on any atom is -0.332 e. The third-order valence-corrected chi connectivity index (χ3v) is 3.21. The maximum Gasteiger partial charge on any atom is 0.199 e. The van der Waals surface area contributed by atoms with E-state index in [0.29, 0.717) is 5.11 Å². The number of hydrogen-bond acceptors (Lipinski definition) is 2. The van der Waals surface area contributed by atoms with Crippen LogP contribution in [0.2, 0.25) is 0 Å². The van der Waals surface area contributed by atoms with Crippen molar-refractivity contribution in [1.82, 2.24) is 5.32 Å². The normalized spacial score (nSPS) is 9.81. The van der Waals surface area contributed by atoms with Crippen LogP contribution < -0.4 is 16.0 Å². The summed E-state index contributed by atoms with van der Waals surface area (Å²) in [5, 5.41) is 17.2. The van der Waals surface area contributed by atoms with E-state index in [2.05, 4.69) is 16.0 Å². The molecule has 0 unspecified atom stereocenters. The Balaban J connectivity index is 1.94. The molecule has 2 rings (SSSR count). The molecule has 0 aromatic heterocycles. The van der Waals surface area contributed by atoms with Gasteiger partial charge in [-0.05, 0) is 49.3 Å². The topological polar surface area (TPSA) is 59.9 Å². The molecule has 2 aromatic rings. The highest BCUT2D eigenvalue weighted by atomic mass is 32.1. The summed E-state index contributed by atoms with van der Waals surface area (Å²) >= 11 is 5.24. The molecule has 4 nitrogen and oxygen atoms in total. The van der Waals surface area contributed by atoms with Crippen LogP contribution >= 0.6 is 12.2 Å². The number of rotatable bonds is 2. The summed E-state index contributed by atoms with van der Waals surface area (Å²) < 4.78 is 0. The first-order chi connectivity index (χ1) is 10.1. The van der Waals surface area contributed by atoms with Crippen molar-refractivity contribution in [3.05, 3.63) is 59.7 Å². The molecule has 0 bridgehead atoms. The van der Waals surface area contributed by atoms with E-state index in [1.165, 1.54) is 0 Å². The number of thiocarbonyl (C=S) groups is 1. The SMILES string of the molecule is Cc1cccc(C)c1NC(=S)NC(=N)Nc1ccccc1. The molecule has 4 N–H and O–H groups in total. The zero-order chi connectivity index (χ0) is 15.2. The van der Waals surface area contributed by atoms with Crippen molar-refractivity contribution in [3.8, 4) is 0 Å². The number of para-hydroxylation sites is 2. The van der Waals surface area contributed by atoms with Crippen LogP contribution in [0.25, 0.3) is 0 Å². The Morgan fingerprint density at radius 3 is 2.14 bits per heavy atom. The summed E-state index contributed by atoms with van der Waals surface area (Å²) in [7, 11) is 0. The lowest BCUT2D eigenvalue weighted by Gasteiger charge is -2.15. The quantitative estimate of drug-likeness (QED) is 0.388. The highest BCUT2D eigenvalue weighted by Crippen LogP contribution is 2.19. The van der Waals surface area contributed by atoms with Crippen LogP contribution in [0.4, 0.5) is 11.4 Å². The summed E-state index contributed by atoms with van der Waals surface area (Å²) in [6, 6.07) is 15.6. The summed E-state index contributed by atoms with van der Waals surface area (Å²) in [5.74, 6) is 0.130. The first-order valence-corrected chi connectivity index (χ1v) is 7.02. The molecule has 0 aliphatic rings. The molecule has 0 amide bonds. The van der Waals surface area contributed by atoms with Crippen molar-refractivity contribution in [1.29, 1.82) is 5.41 Å². The summed E-state index contributed by atoms with van der Waals surface area (Å²) in [5.41, 5.74) is 4.04. The fraction of sp³-hybridized carbons (Fsp3) is 0.125. The molecule has 0 spiro atoms. The minimum absolute atomic E-state index is 0.130. The van der Waals surface area contributed by atoms with Gasteiger partial charge in [-0.1, -0.05) is 36.4 Å². The zero-order valence-corrected chi connectivity index (χ0v) is 12.8. The fourth-order valence-electron chi connectivity index (χ4n) is 1.97. The van der Waals surface area contributed by atoms with E-state index in [0.717, 1.165) is 22.5 Å². The summed E-state index contributed by atoms with van der Waals surface area (Å²) in [6.45, 7) is 4.04. The molecule has 0 atom stereocenters. The highest BCUT2D eigenvalue weighted by Gasteiger charge is 2.05. The molecule has 0 radical (unpaired) electrons. The van der Waals surface area contributed by atoms with Crippen molar-refractivity contribution in [2.45, 2.75) is 13.8 Å². The lowest BCUT2D eigenvalue weighted by atomic mass is 10.1. The molecule has 21 heavy (non-hydrogen) atoms. The van der Waals surface area contributed by atoms with Gasteiger partial charge in [0.15, 0.2) is 11.1 Å². The molecule has 2 aromatic carbocycles. The maximum atomic E-state index is 7.88. The van der Waals surface area contributed by atoms with Gasteiger partial charge >= 0.3 is 0 Å². The van der Waals surface area contributed by atoms with E-state index < -0.39 is 0 Å². The standard InChI is InChI=1S/C16H18N4S/c1-11-7-6-8-12(2)14(11)19-16(21)20-15(17)18-13-9-4-3-5-10-13/h3-10H,1-2H3,(H4,17,18,19,20,21). The second-order valence-corrected chi connectivity index (χ2v) is 5.12. The predicted octanol–water partition coefficient (Wildman–Crippen LogP) is 3.64. The molecular weight excluding hydrogens is 280 g/mol. The second kappa shape index (κ2) is 6.85. The van der Waals surface area contributed by atoms with Gasteiger partial charge in [-0.3, -0.25) is 5.41 Å². The van der Waals surface area contributed by atoms with Crippen LogP contribution in [0, 0.1) is 19.3 Å². The highest BCUT2D eigenvalue weighted by molar-refractivity contribution is 7.80. The molecule has 0 fully saturated rings. The van der Waals surface area contributed by atoms with E-state index in [9.17, 15) is 0 Å². The fourth-order valence-corrected chi connectivity index (χ4v) is 2.17. The van der Waals surface area contributed by atoms with Crippen molar-refractivity contribution in [2.75, 3.05) is 10.6 Å². The van der Waals surface area contributed by atoms with Crippen LogP contribution in [-0.2, 0) is 0 Å². The average Bonchev–Trinajstić information content (AvgIpc) is 2.44. The Morgan fingerprint density at radius 1 is 0.905 bits per heavy atom. The number of benzene rings is 2. The summed E-state index contributed by atoms with van der Waals surface area (Å²) in [6.07, 6.45) is 0. The Morgan fingerprint density at radius 2 is 1.52 bits per heavy atom. The average molecular weight is 298 g/mol. The first-order valence-electron chi connectivity index (χ1n) is 6.61. The lowest BCUT2D eigenvalue weighted by Crippen LogP contribution is -2.38. The number of aryl methyl sites for hydroxylation is 2. The van der Waals surface area contributed by atoms with Crippen molar-refractivity contribution in [3.63, 3.8) is 0 Å². The van der Waals surface area contributed by atoms with E-state index >= 15 is 0 Å². The van der Waals surface area contributed by atoms with Gasteiger partial charge in [0, 0.05) is 11.4 Å². The predicted molar refractivity (Wildman–Crippen MR) is 93.1 cm³/mol. The Labute approximate surface area is 130 Å². The first kappa shape index (κ1) is 15.0. The van der Waals surface area contributed by atoms with Gasteiger partial charge in [0.25, 0.3) is 0 Å². The molecule has 0 aliphatic carbocycles. The van der Waals surface area contributed by atoms with Crippen LogP contribution in [0.3, 0.4) is 0 Å². The molecule has 0 heterocycles. The number of guanidine groups is 1. The third-order valence-electron chi connectivity index (χ3n) is 3.00. The second-order valence-electron chi connectivity index (χ2n) is 4.71. The summed E-state index contributed by atoms with van der Waals surface area (Å²) in [4.78, 5) is 0. The van der Waals surface area contributed by atoms with Crippen molar-refractivity contribution in [2.24, 2.45) is 0 Å². The van der Waals surface area contributed by atoms with Gasteiger partial charge in [-0.15, -0.1) is 0 Å². The zero-order valence-electron chi connectivity index (χ0n) is 12.0. The molecule has 5 heteroatoms. The minimum atomic E-state index is 0.130. The molecule has 0 saturated heterocycles. The molecule has 108 valence electrons. The van der Waals surface area contributed by atoms with Gasteiger partial charge in [-0.25, -0.2) is 0 Å². The molecule has 0 saturated carbocycles. The van der Waals surface area contributed by atoms with Crippen LogP contribution in [0.15, 0.2) is 48.5 Å². The number of anilines is 2. The lowest BCUT2D eigenvalue weighted by molar-refractivity contribution is 1.27. The van der Waals surface area contributed by atoms with Crippen LogP contribution in [-0.4, -0.2) is 11.1 Å². The number of nitrogens with one attached hydrogen (secondary N) is 4. The van der Waals surface area contributed by atoms with Gasteiger partial charge < -0.3 is 16.0 Å². The van der Waals surface area contributed by atoms with Gasteiger partial charge in [0.1, 0.15) is 0 Å². The van der Waals surface area contributed by atoms with Crippen molar-refractivity contribution >= 4 is 34.7 Å². The van der Waals surface area contributed by atoms with E-state index in [4.69, 9.17) is 17.6 Å². The van der Waals surface area contributed by atoms with E-state index in [-0.39, 0.29) is 5.96 Å². The molecular formula is C16H18N4S. The maximum absolute atomic E-state index is 7.88. The number of hydrogen-bond donors (Lipinski definition) is 4. The monoisotopic (exact) mass is 298 g/mol. The smallest absolute Gasteiger partial charge is 0.199 e. The molecule has 0 aliphatic heterocycles. The largest absolute Gasteiger partial charge is 0.332 e. The Hall–Kier alpha value is -2.40. The van der Waals surface area contributed by atoms with E-state index in [1.807, 2.05) is 62.4 Å². The third kappa shape index (κ3) is 4.29. The van der Waals surface area contributed by atoms with Crippen molar-refractivity contribution < 1.29 is 0 Å². The van der Waals surface area contributed by atoms with Crippen LogP contribution in [0.1, 0.15) is 11.1 Å². The van der Waals surface area contributed by atoms with E-state index in [1.54, 1.807) is 0 Å². The Bertz CT molecular complexity index is 632. The van der Waals surface area contributed by atoms with Gasteiger partial charge in [0.2, 0.25) is 0 Å².